The third kappa shape index (κ3) is 5.43. The maximum absolute atomic E-state index is 11.4. The summed E-state index contributed by atoms with van der Waals surface area (Å²) in [5.41, 5.74) is 1.49. The fourth-order valence-corrected chi connectivity index (χ4v) is 1.19. The van der Waals surface area contributed by atoms with Gasteiger partial charge in [0.05, 0.1) is 17.7 Å². The first-order valence-electron chi connectivity index (χ1n) is 4.82. The van der Waals surface area contributed by atoms with Crippen LogP contribution >= 0.6 is 11.6 Å². The van der Waals surface area contributed by atoms with Gasteiger partial charge in [0.25, 0.3) is 0 Å². The SMILES string of the molecule is CC/C=C(Cl)/C(=C\C=C(C)C)C(=O)OC. The highest BCUT2D eigenvalue weighted by atomic mass is 35.5. The van der Waals surface area contributed by atoms with Gasteiger partial charge < -0.3 is 4.74 Å². The maximum atomic E-state index is 11.4. The summed E-state index contributed by atoms with van der Waals surface area (Å²) in [7, 11) is 1.34. The molecule has 0 aliphatic carbocycles. The van der Waals surface area contributed by atoms with Crippen molar-refractivity contribution in [3.63, 3.8) is 0 Å². The zero-order chi connectivity index (χ0) is 11.8. The second kappa shape index (κ2) is 7.30. The molecule has 0 aromatic carbocycles. The van der Waals surface area contributed by atoms with E-state index >= 15 is 0 Å². The number of hydrogen-bond donors (Lipinski definition) is 0. The number of carbonyl (C=O) groups excluding carboxylic acids is 1. The van der Waals surface area contributed by atoms with E-state index in [1.165, 1.54) is 7.11 Å². The molecule has 0 heterocycles. The van der Waals surface area contributed by atoms with E-state index in [0.29, 0.717) is 10.6 Å². The van der Waals surface area contributed by atoms with Crippen LogP contribution < -0.4 is 0 Å². The molecular formula is C12H17ClO2. The summed E-state index contributed by atoms with van der Waals surface area (Å²) in [5.74, 6) is -0.415. The van der Waals surface area contributed by atoms with Gasteiger partial charge >= 0.3 is 5.97 Å². The van der Waals surface area contributed by atoms with Crippen LogP contribution in [0.25, 0.3) is 0 Å². The van der Waals surface area contributed by atoms with Crippen molar-refractivity contribution >= 4 is 17.6 Å². The lowest BCUT2D eigenvalue weighted by molar-refractivity contribution is -0.135. The molecular weight excluding hydrogens is 212 g/mol. The van der Waals surface area contributed by atoms with Crippen LogP contribution in [-0.2, 0) is 9.53 Å². The molecule has 0 N–H and O–H groups in total. The van der Waals surface area contributed by atoms with Gasteiger partial charge in [-0.2, -0.15) is 0 Å². The van der Waals surface area contributed by atoms with Gasteiger partial charge in [0.2, 0.25) is 0 Å². The van der Waals surface area contributed by atoms with Gasteiger partial charge in [0.15, 0.2) is 0 Å². The lowest BCUT2D eigenvalue weighted by Crippen LogP contribution is -2.04. The third-order valence-electron chi connectivity index (χ3n) is 1.63. The average Bonchev–Trinajstić information content (AvgIpc) is 2.17. The van der Waals surface area contributed by atoms with Crippen LogP contribution in [0.4, 0.5) is 0 Å². The number of halogens is 1. The summed E-state index contributed by atoms with van der Waals surface area (Å²) >= 11 is 5.97. The van der Waals surface area contributed by atoms with E-state index in [4.69, 9.17) is 11.6 Å². The summed E-state index contributed by atoms with van der Waals surface area (Å²) in [4.78, 5) is 11.4. The predicted molar refractivity (Wildman–Crippen MR) is 63.8 cm³/mol. The van der Waals surface area contributed by atoms with Crippen molar-refractivity contribution in [3.05, 3.63) is 34.4 Å². The van der Waals surface area contributed by atoms with Gasteiger partial charge in [-0.3, -0.25) is 0 Å². The van der Waals surface area contributed by atoms with Crippen molar-refractivity contribution in [2.45, 2.75) is 27.2 Å². The van der Waals surface area contributed by atoms with Gasteiger partial charge in [0, 0.05) is 0 Å². The Balaban J connectivity index is 5.06. The zero-order valence-electron chi connectivity index (χ0n) is 9.63. The molecule has 0 spiro atoms. The molecule has 0 saturated heterocycles. The first-order chi connectivity index (χ1) is 7.02. The number of carbonyl (C=O) groups is 1. The maximum Gasteiger partial charge on any atom is 0.339 e. The minimum absolute atomic E-state index is 0.391. The van der Waals surface area contributed by atoms with Crippen molar-refractivity contribution in [1.82, 2.24) is 0 Å². The van der Waals surface area contributed by atoms with Crippen LogP contribution in [-0.4, -0.2) is 13.1 Å². The molecule has 15 heavy (non-hydrogen) atoms. The Morgan fingerprint density at radius 3 is 2.33 bits per heavy atom. The summed E-state index contributed by atoms with van der Waals surface area (Å²) in [6.07, 6.45) is 6.07. The average molecular weight is 229 g/mol. The van der Waals surface area contributed by atoms with Crippen LogP contribution in [0.3, 0.4) is 0 Å². The summed E-state index contributed by atoms with van der Waals surface area (Å²) < 4.78 is 4.65. The van der Waals surface area contributed by atoms with Gasteiger partial charge in [-0.05, 0) is 26.3 Å². The number of hydrogen-bond acceptors (Lipinski definition) is 2. The molecule has 0 bridgehead atoms. The number of ether oxygens (including phenoxy) is 1. The Kier molecular flexibility index (Phi) is 6.80. The smallest absolute Gasteiger partial charge is 0.339 e. The number of rotatable bonds is 4. The number of esters is 1. The molecule has 0 radical (unpaired) electrons. The quantitative estimate of drug-likeness (QED) is 0.418. The summed E-state index contributed by atoms with van der Waals surface area (Å²) in [6, 6.07) is 0. The molecule has 0 amide bonds. The molecule has 0 saturated carbocycles. The van der Waals surface area contributed by atoms with Crippen molar-refractivity contribution in [2.75, 3.05) is 7.11 Å². The Labute approximate surface area is 96.3 Å². The molecule has 0 atom stereocenters. The third-order valence-corrected chi connectivity index (χ3v) is 1.99. The number of allylic oxidation sites excluding steroid dienone is 4. The minimum atomic E-state index is -0.415. The Bertz CT molecular complexity index is 308. The highest BCUT2D eigenvalue weighted by Gasteiger charge is 2.11. The highest BCUT2D eigenvalue weighted by Crippen LogP contribution is 2.17. The van der Waals surface area contributed by atoms with Crippen LogP contribution in [0.5, 0.6) is 0 Å². The van der Waals surface area contributed by atoms with Crippen LogP contribution in [0.1, 0.15) is 27.2 Å². The molecule has 0 rings (SSSR count). The molecule has 2 nitrogen and oxygen atoms in total. The molecule has 0 aromatic heterocycles. The number of methoxy groups -OCH3 is 1. The van der Waals surface area contributed by atoms with Gasteiger partial charge in [0.1, 0.15) is 0 Å². The van der Waals surface area contributed by atoms with Crippen molar-refractivity contribution < 1.29 is 9.53 Å². The van der Waals surface area contributed by atoms with E-state index in [9.17, 15) is 4.79 Å². The van der Waals surface area contributed by atoms with Crippen LogP contribution in [0.15, 0.2) is 34.4 Å². The summed E-state index contributed by atoms with van der Waals surface area (Å²) in [5, 5.41) is 0.432. The zero-order valence-corrected chi connectivity index (χ0v) is 10.4. The predicted octanol–water partition coefficient (Wildman–Crippen LogP) is 3.58. The van der Waals surface area contributed by atoms with E-state index in [1.54, 1.807) is 12.2 Å². The molecule has 0 aliphatic rings. The lowest BCUT2D eigenvalue weighted by Gasteiger charge is -2.02. The molecule has 0 unspecified atom stereocenters. The van der Waals surface area contributed by atoms with E-state index in [2.05, 4.69) is 4.74 Å². The van der Waals surface area contributed by atoms with E-state index in [1.807, 2.05) is 26.8 Å². The largest absolute Gasteiger partial charge is 0.465 e. The van der Waals surface area contributed by atoms with Gasteiger partial charge in [-0.1, -0.05) is 36.2 Å². The molecule has 84 valence electrons. The van der Waals surface area contributed by atoms with Crippen LogP contribution in [0.2, 0.25) is 0 Å². The van der Waals surface area contributed by atoms with E-state index < -0.39 is 5.97 Å². The van der Waals surface area contributed by atoms with Gasteiger partial charge in [-0.25, -0.2) is 4.79 Å². The monoisotopic (exact) mass is 228 g/mol. The Hall–Kier alpha value is -1.02. The first-order valence-corrected chi connectivity index (χ1v) is 5.20. The van der Waals surface area contributed by atoms with E-state index in [0.717, 1.165) is 12.0 Å². The van der Waals surface area contributed by atoms with Crippen molar-refractivity contribution in [1.29, 1.82) is 0 Å². The summed E-state index contributed by atoms with van der Waals surface area (Å²) in [6.45, 7) is 5.85. The molecule has 0 aromatic rings. The lowest BCUT2D eigenvalue weighted by atomic mass is 10.2. The molecule has 0 aliphatic heterocycles. The minimum Gasteiger partial charge on any atom is -0.465 e. The Morgan fingerprint density at radius 1 is 1.33 bits per heavy atom. The first kappa shape index (κ1) is 14.0. The molecule has 0 fully saturated rings. The normalized spacial score (nSPS) is 12.3. The topological polar surface area (TPSA) is 26.3 Å². The van der Waals surface area contributed by atoms with Gasteiger partial charge in [-0.15, -0.1) is 0 Å². The van der Waals surface area contributed by atoms with Crippen molar-refractivity contribution in [2.24, 2.45) is 0 Å². The van der Waals surface area contributed by atoms with E-state index in [-0.39, 0.29) is 0 Å². The van der Waals surface area contributed by atoms with Crippen molar-refractivity contribution in [3.8, 4) is 0 Å². The Morgan fingerprint density at radius 2 is 1.93 bits per heavy atom. The fourth-order valence-electron chi connectivity index (χ4n) is 0.894. The molecule has 3 heteroatoms. The second-order valence-corrected chi connectivity index (χ2v) is 3.68. The fraction of sp³-hybridized carbons (Fsp3) is 0.417. The second-order valence-electron chi connectivity index (χ2n) is 3.28. The standard InChI is InChI=1S/C12H17ClO2/c1-5-6-11(13)10(12(14)15-4)8-7-9(2)3/h6-8H,5H2,1-4H3/b10-8+,11-6-. The highest BCUT2D eigenvalue weighted by molar-refractivity contribution is 6.35. The van der Waals surface area contributed by atoms with Crippen LogP contribution in [0, 0.1) is 0 Å².